The maximum atomic E-state index is 9.26. The molecular weight excluding hydrogens is 282 g/mol. The third-order valence-electron chi connectivity index (χ3n) is 3.14. The highest BCUT2D eigenvalue weighted by atomic mass is 32.1. The van der Waals surface area contributed by atoms with E-state index in [1.165, 1.54) is 0 Å². The van der Waals surface area contributed by atoms with E-state index in [-0.39, 0.29) is 6.04 Å². The van der Waals surface area contributed by atoms with Gasteiger partial charge in [0.2, 0.25) is 0 Å². The van der Waals surface area contributed by atoms with E-state index in [9.17, 15) is 5.26 Å². The lowest BCUT2D eigenvalue weighted by molar-refractivity contribution is 0.860. The standard InChI is InChI=1S/C15H13N5S/c1-9-8-21-15(17-9)10(2)18-14-11-5-3-4-6-12(11)19-20-13(14)7-16/h3-6,8,10H,1-2H3,(H,18,19). The maximum Gasteiger partial charge on any atom is 0.186 e. The van der Waals surface area contributed by atoms with Crippen LogP contribution in [0.2, 0.25) is 0 Å². The van der Waals surface area contributed by atoms with Crippen LogP contribution in [0.15, 0.2) is 29.6 Å². The zero-order valence-electron chi connectivity index (χ0n) is 11.7. The van der Waals surface area contributed by atoms with Crippen LogP contribution < -0.4 is 5.32 Å². The predicted molar refractivity (Wildman–Crippen MR) is 83.1 cm³/mol. The summed E-state index contributed by atoms with van der Waals surface area (Å²) in [7, 11) is 0. The highest BCUT2D eigenvalue weighted by Gasteiger charge is 2.15. The normalized spacial score (nSPS) is 12.0. The van der Waals surface area contributed by atoms with Gasteiger partial charge in [-0.3, -0.25) is 0 Å². The van der Waals surface area contributed by atoms with Crippen LogP contribution in [0.5, 0.6) is 0 Å². The number of hydrogen-bond donors (Lipinski definition) is 1. The van der Waals surface area contributed by atoms with Gasteiger partial charge in [-0.25, -0.2) is 4.98 Å². The van der Waals surface area contributed by atoms with Crippen molar-refractivity contribution < 1.29 is 0 Å². The van der Waals surface area contributed by atoms with E-state index < -0.39 is 0 Å². The first-order valence-electron chi connectivity index (χ1n) is 6.53. The van der Waals surface area contributed by atoms with Gasteiger partial charge < -0.3 is 5.32 Å². The van der Waals surface area contributed by atoms with Crippen molar-refractivity contribution in [3.63, 3.8) is 0 Å². The number of fused-ring (bicyclic) bond motifs is 1. The Morgan fingerprint density at radius 3 is 2.81 bits per heavy atom. The molecule has 21 heavy (non-hydrogen) atoms. The summed E-state index contributed by atoms with van der Waals surface area (Å²) in [6.45, 7) is 3.99. The average molecular weight is 295 g/mol. The van der Waals surface area contributed by atoms with Crippen molar-refractivity contribution >= 4 is 27.9 Å². The molecule has 0 aliphatic carbocycles. The second kappa shape index (κ2) is 5.46. The molecule has 6 heteroatoms. The minimum atomic E-state index is 0.00315. The van der Waals surface area contributed by atoms with Crippen LogP contribution in [0.4, 0.5) is 5.69 Å². The summed E-state index contributed by atoms with van der Waals surface area (Å²) in [4.78, 5) is 4.48. The van der Waals surface area contributed by atoms with Crippen LogP contribution in [0.25, 0.3) is 10.9 Å². The first kappa shape index (κ1) is 13.5. The second-order valence-electron chi connectivity index (χ2n) is 4.75. The lowest BCUT2D eigenvalue weighted by atomic mass is 10.1. The summed E-state index contributed by atoms with van der Waals surface area (Å²) in [5.41, 5.74) is 2.78. The van der Waals surface area contributed by atoms with E-state index in [1.54, 1.807) is 11.3 Å². The Morgan fingerprint density at radius 1 is 1.29 bits per heavy atom. The molecule has 1 atom stereocenters. The van der Waals surface area contributed by atoms with Gasteiger partial charge in [0.15, 0.2) is 5.69 Å². The van der Waals surface area contributed by atoms with Gasteiger partial charge in [-0.05, 0) is 19.9 Å². The lowest BCUT2D eigenvalue weighted by Crippen LogP contribution is -2.09. The Bertz CT molecular complexity index is 833. The fourth-order valence-electron chi connectivity index (χ4n) is 2.13. The smallest absolute Gasteiger partial charge is 0.186 e. The van der Waals surface area contributed by atoms with Gasteiger partial charge in [-0.2, -0.15) is 5.26 Å². The number of nitriles is 1. The second-order valence-corrected chi connectivity index (χ2v) is 5.64. The summed E-state index contributed by atoms with van der Waals surface area (Å²) in [5.74, 6) is 0. The van der Waals surface area contributed by atoms with Crippen molar-refractivity contribution in [2.24, 2.45) is 0 Å². The monoisotopic (exact) mass is 295 g/mol. The molecule has 5 nitrogen and oxygen atoms in total. The molecule has 0 aliphatic rings. The van der Waals surface area contributed by atoms with Crippen LogP contribution in [0.3, 0.4) is 0 Å². The average Bonchev–Trinajstić information content (AvgIpc) is 2.94. The Morgan fingerprint density at radius 2 is 2.10 bits per heavy atom. The lowest BCUT2D eigenvalue weighted by Gasteiger charge is -2.15. The van der Waals surface area contributed by atoms with Crippen molar-refractivity contribution in [2.75, 3.05) is 5.32 Å². The number of nitrogens with one attached hydrogen (secondary N) is 1. The van der Waals surface area contributed by atoms with Gasteiger partial charge in [0.1, 0.15) is 11.1 Å². The molecule has 3 aromatic rings. The fourth-order valence-corrected chi connectivity index (χ4v) is 2.93. The Balaban J connectivity index is 2.05. The van der Waals surface area contributed by atoms with E-state index in [1.807, 2.05) is 43.5 Å². The highest BCUT2D eigenvalue weighted by Crippen LogP contribution is 2.28. The van der Waals surface area contributed by atoms with Crippen LogP contribution >= 0.6 is 11.3 Å². The number of thiazole rings is 1. The Kier molecular flexibility index (Phi) is 3.50. The van der Waals surface area contributed by atoms with Crippen molar-refractivity contribution in [1.29, 1.82) is 5.26 Å². The van der Waals surface area contributed by atoms with Gasteiger partial charge in [-0.15, -0.1) is 21.5 Å². The number of hydrogen-bond acceptors (Lipinski definition) is 6. The van der Waals surface area contributed by atoms with Crippen LogP contribution in [0, 0.1) is 18.3 Å². The number of aromatic nitrogens is 3. The molecule has 0 radical (unpaired) electrons. The molecule has 2 aromatic heterocycles. The molecule has 0 spiro atoms. The molecule has 1 N–H and O–H groups in total. The number of benzene rings is 1. The summed E-state index contributed by atoms with van der Waals surface area (Å²) >= 11 is 1.60. The van der Waals surface area contributed by atoms with Crippen LogP contribution in [-0.2, 0) is 0 Å². The third-order valence-corrected chi connectivity index (χ3v) is 4.29. The maximum absolute atomic E-state index is 9.26. The minimum Gasteiger partial charge on any atom is -0.373 e. The SMILES string of the molecule is Cc1csc(C(C)Nc2c(C#N)nnc3ccccc23)n1. The van der Waals surface area contributed by atoms with E-state index in [2.05, 4.69) is 26.6 Å². The summed E-state index contributed by atoms with van der Waals surface area (Å²) < 4.78 is 0. The predicted octanol–water partition coefficient (Wildman–Crippen LogP) is 3.44. The van der Waals surface area contributed by atoms with E-state index >= 15 is 0 Å². The van der Waals surface area contributed by atoms with Crippen molar-refractivity contribution in [3.8, 4) is 6.07 Å². The quantitative estimate of drug-likeness (QED) is 0.801. The van der Waals surface area contributed by atoms with Gasteiger partial charge in [0.25, 0.3) is 0 Å². The van der Waals surface area contributed by atoms with Crippen molar-refractivity contribution in [3.05, 3.63) is 46.0 Å². The summed E-state index contributed by atoms with van der Waals surface area (Å²) in [5, 5.41) is 24.6. The molecule has 0 bridgehead atoms. The van der Waals surface area contributed by atoms with E-state index in [0.29, 0.717) is 11.4 Å². The minimum absolute atomic E-state index is 0.00315. The van der Waals surface area contributed by atoms with E-state index in [0.717, 1.165) is 21.6 Å². The number of aryl methyl sites for hydroxylation is 1. The molecule has 0 amide bonds. The molecule has 104 valence electrons. The summed E-state index contributed by atoms with van der Waals surface area (Å²) in [6, 6.07) is 9.75. The fraction of sp³-hybridized carbons (Fsp3) is 0.200. The molecule has 0 fully saturated rings. The highest BCUT2D eigenvalue weighted by molar-refractivity contribution is 7.09. The van der Waals surface area contributed by atoms with Gasteiger partial charge in [-0.1, -0.05) is 18.2 Å². The van der Waals surface area contributed by atoms with Crippen LogP contribution in [0.1, 0.15) is 29.4 Å². The van der Waals surface area contributed by atoms with Crippen molar-refractivity contribution in [1.82, 2.24) is 15.2 Å². The molecule has 3 rings (SSSR count). The van der Waals surface area contributed by atoms with Gasteiger partial charge >= 0.3 is 0 Å². The zero-order valence-corrected chi connectivity index (χ0v) is 12.5. The Hall–Kier alpha value is -2.52. The molecule has 1 unspecified atom stereocenters. The molecule has 0 aliphatic heterocycles. The number of nitrogens with zero attached hydrogens (tertiary/aromatic N) is 4. The first-order valence-corrected chi connectivity index (χ1v) is 7.41. The first-order chi connectivity index (χ1) is 10.2. The molecule has 1 aromatic carbocycles. The number of anilines is 1. The largest absolute Gasteiger partial charge is 0.373 e. The van der Waals surface area contributed by atoms with Crippen LogP contribution in [-0.4, -0.2) is 15.2 Å². The molecular formula is C15H13N5S. The van der Waals surface area contributed by atoms with Gasteiger partial charge in [0.05, 0.1) is 17.2 Å². The summed E-state index contributed by atoms with van der Waals surface area (Å²) in [6.07, 6.45) is 0. The molecule has 2 heterocycles. The molecule has 0 saturated heterocycles. The van der Waals surface area contributed by atoms with Crippen molar-refractivity contribution in [2.45, 2.75) is 19.9 Å². The van der Waals surface area contributed by atoms with Gasteiger partial charge in [0, 0.05) is 16.5 Å². The third kappa shape index (κ3) is 2.56. The Labute approximate surface area is 126 Å². The van der Waals surface area contributed by atoms with E-state index in [4.69, 9.17) is 0 Å². The zero-order chi connectivity index (χ0) is 14.8. The molecule has 0 saturated carbocycles. The topological polar surface area (TPSA) is 74.5 Å². The number of rotatable bonds is 3.